The zero-order chi connectivity index (χ0) is 16.6. The summed E-state index contributed by atoms with van der Waals surface area (Å²) in [6, 6.07) is 8.16. The van der Waals surface area contributed by atoms with E-state index in [-0.39, 0.29) is 28.8 Å². The van der Waals surface area contributed by atoms with Gasteiger partial charge < -0.3 is 10.1 Å². The number of nitrogens with one attached hydrogen (secondary N) is 2. The van der Waals surface area contributed by atoms with Crippen molar-refractivity contribution >= 4 is 27.3 Å². The largest absolute Gasteiger partial charge is 0.482 e. The van der Waals surface area contributed by atoms with E-state index in [1.807, 2.05) is 0 Å². The molecule has 1 aliphatic rings. The normalized spacial score (nSPS) is 13.7. The first-order chi connectivity index (χ1) is 10.8. The summed E-state index contributed by atoms with van der Waals surface area (Å²) in [5.41, 5.74) is 0.812. The first-order valence-electron chi connectivity index (χ1n) is 6.71. The van der Waals surface area contributed by atoms with Gasteiger partial charge in [-0.05, 0) is 42.8 Å². The van der Waals surface area contributed by atoms with Crippen molar-refractivity contribution in [3.05, 3.63) is 47.8 Å². The van der Waals surface area contributed by atoms with Crippen LogP contribution in [0, 0.1) is 12.7 Å². The van der Waals surface area contributed by atoms with Gasteiger partial charge in [0, 0.05) is 0 Å². The lowest BCUT2D eigenvalue weighted by molar-refractivity contribution is -0.118. The zero-order valence-corrected chi connectivity index (χ0v) is 12.9. The van der Waals surface area contributed by atoms with Gasteiger partial charge in [0.15, 0.2) is 6.61 Å². The van der Waals surface area contributed by atoms with Crippen molar-refractivity contribution in [3.63, 3.8) is 0 Å². The molecule has 2 aromatic carbocycles. The Hall–Kier alpha value is -2.61. The van der Waals surface area contributed by atoms with Crippen LogP contribution in [0.2, 0.25) is 0 Å². The van der Waals surface area contributed by atoms with Crippen molar-refractivity contribution in [3.8, 4) is 5.75 Å². The fourth-order valence-electron chi connectivity index (χ4n) is 2.10. The minimum atomic E-state index is -3.92. The summed E-state index contributed by atoms with van der Waals surface area (Å²) in [5, 5.41) is 2.54. The van der Waals surface area contributed by atoms with Crippen molar-refractivity contribution in [1.29, 1.82) is 0 Å². The van der Waals surface area contributed by atoms with Crippen molar-refractivity contribution in [2.45, 2.75) is 11.8 Å². The molecule has 0 unspecified atom stereocenters. The number of carbonyl (C=O) groups excluding carboxylic acids is 1. The average molecular weight is 336 g/mol. The topological polar surface area (TPSA) is 84.5 Å². The van der Waals surface area contributed by atoms with Crippen molar-refractivity contribution in [2.24, 2.45) is 0 Å². The number of aryl methyl sites for hydroxylation is 1. The van der Waals surface area contributed by atoms with Gasteiger partial charge in [0.25, 0.3) is 15.9 Å². The molecule has 0 bridgehead atoms. The van der Waals surface area contributed by atoms with Crippen LogP contribution in [0.1, 0.15) is 5.56 Å². The molecule has 1 amide bonds. The molecule has 0 spiro atoms. The SMILES string of the molecule is Cc1ccc(NS(=O)(=O)c2ccc3c(c2)NC(=O)CO3)cc1F. The predicted octanol–water partition coefficient (Wildman–Crippen LogP) is 2.27. The van der Waals surface area contributed by atoms with E-state index in [9.17, 15) is 17.6 Å². The number of hydrogen-bond donors (Lipinski definition) is 2. The third kappa shape index (κ3) is 3.11. The molecule has 1 heterocycles. The number of halogens is 1. The highest BCUT2D eigenvalue weighted by molar-refractivity contribution is 7.92. The van der Waals surface area contributed by atoms with Crippen LogP contribution in [-0.2, 0) is 14.8 Å². The quantitative estimate of drug-likeness (QED) is 0.900. The predicted molar refractivity (Wildman–Crippen MR) is 82.5 cm³/mol. The fourth-order valence-corrected chi connectivity index (χ4v) is 3.18. The van der Waals surface area contributed by atoms with Crippen molar-refractivity contribution in [1.82, 2.24) is 0 Å². The molecule has 2 N–H and O–H groups in total. The molecule has 0 aliphatic carbocycles. The standard InChI is InChI=1S/C15H13FN2O4S/c1-9-2-3-10(6-12(9)16)18-23(20,21)11-4-5-14-13(7-11)17-15(19)8-22-14/h2-7,18H,8H2,1H3,(H,17,19). The molecule has 6 nitrogen and oxygen atoms in total. The number of sulfonamides is 1. The smallest absolute Gasteiger partial charge is 0.262 e. The Balaban J connectivity index is 1.92. The lowest BCUT2D eigenvalue weighted by Gasteiger charge is -2.18. The molecule has 0 fully saturated rings. The third-order valence-corrected chi connectivity index (χ3v) is 4.70. The van der Waals surface area contributed by atoms with E-state index in [0.29, 0.717) is 11.3 Å². The van der Waals surface area contributed by atoms with Crippen molar-refractivity contribution in [2.75, 3.05) is 16.6 Å². The van der Waals surface area contributed by atoms with Crippen LogP contribution in [0.15, 0.2) is 41.3 Å². The number of carbonyl (C=O) groups is 1. The minimum absolute atomic E-state index is 0.0666. The molecule has 23 heavy (non-hydrogen) atoms. The molecular formula is C15H13FN2O4S. The summed E-state index contributed by atoms with van der Waals surface area (Å²) in [6.07, 6.45) is 0. The maximum atomic E-state index is 13.5. The van der Waals surface area contributed by atoms with E-state index in [1.54, 1.807) is 6.92 Å². The van der Waals surface area contributed by atoms with Gasteiger partial charge in [-0.1, -0.05) is 6.07 Å². The van der Waals surface area contributed by atoms with Crippen LogP contribution in [0.25, 0.3) is 0 Å². The number of fused-ring (bicyclic) bond motifs is 1. The number of anilines is 2. The van der Waals surface area contributed by atoms with Crippen LogP contribution in [0.4, 0.5) is 15.8 Å². The van der Waals surface area contributed by atoms with Crippen LogP contribution >= 0.6 is 0 Å². The lowest BCUT2D eigenvalue weighted by Crippen LogP contribution is -2.25. The van der Waals surface area contributed by atoms with Crippen molar-refractivity contribution < 1.29 is 22.3 Å². The Morgan fingerprint density at radius 2 is 2.00 bits per heavy atom. The summed E-state index contributed by atoms with van der Waals surface area (Å²) in [4.78, 5) is 11.2. The van der Waals surface area contributed by atoms with Gasteiger partial charge in [-0.25, -0.2) is 12.8 Å². The molecule has 0 radical (unpaired) electrons. The highest BCUT2D eigenvalue weighted by Crippen LogP contribution is 2.30. The number of amides is 1. The summed E-state index contributed by atoms with van der Waals surface area (Å²) in [5.74, 6) is -0.471. The Bertz CT molecular complexity index is 896. The Morgan fingerprint density at radius 1 is 1.22 bits per heavy atom. The molecule has 1 aliphatic heterocycles. The van der Waals surface area contributed by atoms with Crippen LogP contribution in [-0.4, -0.2) is 20.9 Å². The van der Waals surface area contributed by atoms with E-state index in [4.69, 9.17) is 4.74 Å². The van der Waals surface area contributed by atoms with Crippen LogP contribution < -0.4 is 14.8 Å². The molecule has 0 saturated carbocycles. The molecule has 120 valence electrons. The van der Waals surface area contributed by atoms with E-state index in [2.05, 4.69) is 10.0 Å². The van der Waals surface area contributed by atoms with Gasteiger partial charge in [0.2, 0.25) is 0 Å². The monoisotopic (exact) mass is 336 g/mol. The van der Waals surface area contributed by atoms with Gasteiger partial charge >= 0.3 is 0 Å². The van der Waals surface area contributed by atoms with Crippen LogP contribution in [0.5, 0.6) is 5.75 Å². The fraction of sp³-hybridized carbons (Fsp3) is 0.133. The number of benzene rings is 2. The second kappa shape index (κ2) is 5.54. The number of rotatable bonds is 3. The lowest BCUT2D eigenvalue weighted by atomic mass is 10.2. The maximum Gasteiger partial charge on any atom is 0.262 e. The van der Waals surface area contributed by atoms with Crippen LogP contribution in [0.3, 0.4) is 0 Å². The van der Waals surface area contributed by atoms with E-state index in [0.717, 1.165) is 6.07 Å². The summed E-state index contributed by atoms with van der Waals surface area (Å²) < 4.78 is 45.8. The van der Waals surface area contributed by atoms with Gasteiger partial charge in [-0.2, -0.15) is 0 Å². The Kier molecular flexibility index (Phi) is 3.69. The molecule has 0 aromatic heterocycles. The highest BCUT2D eigenvalue weighted by Gasteiger charge is 2.21. The van der Waals surface area contributed by atoms with Gasteiger partial charge in [0.05, 0.1) is 16.3 Å². The minimum Gasteiger partial charge on any atom is -0.482 e. The second-order valence-electron chi connectivity index (χ2n) is 5.06. The second-order valence-corrected chi connectivity index (χ2v) is 6.75. The molecule has 3 rings (SSSR count). The summed E-state index contributed by atoms with van der Waals surface area (Å²) in [6.45, 7) is 1.47. The zero-order valence-electron chi connectivity index (χ0n) is 12.1. The van der Waals surface area contributed by atoms with E-state index >= 15 is 0 Å². The molecule has 8 heteroatoms. The van der Waals surface area contributed by atoms with Gasteiger partial charge in [-0.15, -0.1) is 0 Å². The highest BCUT2D eigenvalue weighted by atomic mass is 32.2. The molecule has 2 aromatic rings. The van der Waals surface area contributed by atoms with E-state index in [1.165, 1.54) is 30.3 Å². The number of hydrogen-bond acceptors (Lipinski definition) is 4. The average Bonchev–Trinajstić information content (AvgIpc) is 2.50. The molecule has 0 atom stereocenters. The third-order valence-electron chi connectivity index (χ3n) is 3.32. The Morgan fingerprint density at radius 3 is 2.74 bits per heavy atom. The Labute approximate surface area is 132 Å². The number of ether oxygens (including phenoxy) is 1. The maximum absolute atomic E-state index is 13.5. The summed E-state index contributed by atoms with van der Waals surface area (Å²) in [7, 11) is -3.92. The van der Waals surface area contributed by atoms with E-state index < -0.39 is 15.8 Å². The first kappa shape index (κ1) is 15.3. The van der Waals surface area contributed by atoms with Gasteiger partial charge in [-0.3, -0.25) is 9.52 Å². The van der Waals surface area contributed by atoms with Gasteiger partial charge in [0.1, 0.15) is 11.6 Å². The first-order valence-corrected chi connectivity index (χ1v) is 8.19. The molecule has 0 saturated heterocycles. The summed E-state index contributed by atoms with van der Waals surface area (Å²) >= 11 is 0. The molecular weight excluding hydrogens is 323 g/mol.